The van der Waals surface area contributed by atoms with E-state index in [1.807, 2.05) is 37.3 Å². The van der Waals surface area contributed by atoms with E-state index in [9.17, 15) is 9.18 Å². The van der Waals surface area contributed by atoms with Gasteiger partial charge in [-0.25, -0.2) is 4.39 Å². The number of benzene rings is 2. The molecule has 3 aromatic rings. The molecule has 0 aliphatic heterocycles. The van der Waals surface area contributed by atoms with Gasteiger partial charge in [-0.05, 0) is 30.7 Å². The van der Waals surface area contributed by atoms with E-state index < -0.39 is 0 Å². The quantitative estimate of drug-likeness (QED) is 0.754. The van der Waals surface area contributed by atoms with Gasteiger partial charge in [0.1, 0.15) is 5.82 Å². The van der Waals surface area contributed by atoms with Crippen LogP contribution in [0.25, 0.3) is 10.9 Å². The molecule has 3 nitrogen and oxygen atoms in total. The van der Waals surface area contributed by atoms with E-state index in [4.69, 9.17) is 0 Å². The smallest absolute Gasteiger partial charge is 0.253 e. The number of nitrogens with one attached hydrogen (secondary N) is 2. The normalized spacial score (nSPS) is 12.3. The third-order valence-electron chi connectivity index (χ3n) is 3.54. The first-order chi connectivity index (χ1) is 10.1. The number of hydrogen-bond acceptors (Lipinski definition) is 1. The molecule has 0 bridgehead atoms. The predicted octanol–water partition coefficient (Wildman–Crippen LogP) is 3.80. The summed E-state index contributed by atoms with van der Waals surface area (Å²) in [5, 5.41) is 3.67. The Balaban J connectivity index is 1.84. The molecule has 0 aliphatic carbocycles. The van der Waals surface area contributed by atoms with Gasteiger partial charge in [-0.1, -0.05) is 30.3 Å². The fourth-order valence-corrected chi connectivity index (χ4v) is 2.39. The fourth-order valence-electron chi connectivity index (χ4n) is 2.39. The van der Waals surface area contributed by atoms with Crippen molar-refractivity contribution >= 4 is 16.8 Å². The molecular formula is C17H15FN2O. The highest BCUT2D eigenvalue weighted by atomic mass is 19.1. The summed E-state index contributed by atoms with van der Waals surface area (Å²) >= 11 is 0. The standard InChI is InChI=1S/C17H15FN2O/c1-11(12-5-3-2-4-6-12)20-17(21)15-10-19-16-9-13(18)7-8-14(15)16/h2-11,19H,1H3,(H,20,21). The van der Waals surface area contributed by atoms with Crippen molar-refractivity contribution in [2.75, 3.05) is 0 Å². The Hall–Kier alpha value is -2.62. The Morgan fingerprint density at radius 1 is 1.19 bits per heavy atom. The maximum absolute atomic E-state index is 13.2. The Morgan fingerprint density at radius 2 is 1.95 bits per heavy atom. The number of fused-ring (bicyclic) bond motifs is 1. The molecule has 4 heteroatoms. The van der Waals surface area contributed by atoms with Gasteiger partial charge in [0.2, 0.25) is 0 Å². The van der Waals surface area contributed by atoms with Crippen LogP contribution in [0, 0.1) is 5.82 Å². The van der Waals surface area contributed by atoms with Crippen molar-refractivity contribution in [2.45, 2.75) is 13.0 Å². The minimum absolute atomic E-state index is 0.0934. The molecule has 1 unspecified atom stereocenters. The third-order valence-corrected chi connectivity index (χ3v) is 3.54. The summed E-state index contributed by atoms with van der Waals surface area (Å²) in [4.78, 5) is 15.3. The average molecular weight is 282 g/mol. The van der Waals surface area contributed by atoms with Gasteiger partial charge in [0.25, 0.3) is 5.91 Å². The molecule has 0 aliphatic rings. The zero-order valence-electron chi connectivity index (χ0n) is 11.6. The van der Waals surface area contributed by atoms with E-state index in [2.05, 4.69) is 10.3 Å². The van der Waals surface area contributed by atoms with Crippen LogP contribution in [0.3, 0.4) is 0 Å². The molecule has 106 valence electrons. The minimum Gasteiger partial charge on any atom is -0.360 e. The molecule has 1 aromatic heterocycles. The van der Waals surface area contributed by atoms with E-state index in [0.717, 1.165) is 5.56 Å². The van der Waals surface area contributed by atoms with E-state index in [1.54, 1.807) is 12.3 Å². The lowest BCUT2D eigenvalue weighted by atomic mass is 10.1. The lowest BCUT2D eigenvalue weighted by Gasteiger charge is -2.13. The summed E-state index contributed by atoms with van der Waals surface area (Å²) in [5.74, 6) is -0.502. The van der Waals surface area contributed by atoms with Crippen molar-refractivity contribution in [1.29, 1.82) is 0 Å². The highest BCUT2D eigenvalue weighted by Gasteiger charge is 2.15. The molecule has 0 fully saturated rings. The Kier molecular flexibility index (Phi) is 3.44. The summed E-state index contributed by atoms with van der Waals surface area (Å²) in [6.45, 7) is 1.93. The molecule has 1 atom stereocenters. The molecule has 21 heavy (non-hydrogen) atoms. The van der Waals surface area contributed by atoms with Crippen LogP contribution in [0.4, 0.5) is 4.39 Å². The lowest BCUT2D eigenvalue weighted by molar-refractivity contribution is 0.0941. The summed E-state index contributed by atoms with van der Waals surface area (Å²) in [6.07, 6.45) is 1.61. The number of aromatic nitrogens is 1. The van der Waals surface area contributed by atoms with Crippen LogP contribution in [0.5, 0.6) is 0 Å². The maximum Gasteiger partial charge on any atom is 0.253 e. The number of aromatic amines is 1. The Morgan fingerprint density at radius 3 is 2.71 bits per heavy atom. The monoisotopic (exact) mass is 282 g/mol. The molecular weight excluding hydrogens is 267 g/mol. The maximum atomic E-state index is 13.2. The van der Waals surface area contributed by atoms with Crippen LogP contribution in [0.15, 0.2) is 54.7 Å². The number of amides is 1. The van der Waals surface area contributed by atoms with Gasteiger partial charge in [-0.15, -0.1) is 0 Å². The van der Waals surface area contributed by atoms with E-state index in [1.165, 1.54) is 12.1 Å². The van der Waals surface area contributed by atoms with Gasteiger partial charge < -0.3 is 10.3 Å². The summed E-state index contributed by atoms with van der Waals surface area (Å²) in [5.41, 5.74) is 2.18. The number of halogens is 1. The predicted molar refractivity (Wildman–Crippen MR) is 80.6 cm³/mol. The Bertz CT molecular complexity index is 780. The van der Waals surface area contributed by atoms with Crippen LogP contribution < -0.4 is 5.32 Å². The molecule has 0 spiro atoms. The van der Waals surface area contributed by atoms with Crippen LogP contribution in [0.2, 0.25) is 0 Å². The largest absolute Gasteiger partial charge is 0.360 e. The van der Waals surface area contributed by atoms with Gasteiger partial charge in [0.15, 0.2) is 0 Å². The first kappa shape index (κ1) is 13.4. The van der Waals surface area contributed by atoms with Gasteiger partial charge in [-0.2, -0.15) is 0 Å². The van der Waals surface area contributed by atoms with Crippen LogP contribution in [-0.4, -0.2) is 10.9 Å². The first-order valence-electron chi connectivity index (χ1n) is 6.77. The topological polar surface area (TPSA) is 44.9 Å². The number of hydrogen-bond donors (Lipinski definition) is 2. The molecule has 3 rings (SSSR count). The van der Waals surface area contributed by atoms with Crippen molar-refractivity contribution in [3.05, 3.63) is 71.7 Å². The van der Waals surface area contributed by atoms with Gasteiger partial charge in [0.05, 0.1) is 11.6 Å². The van der Waals surface area contributed by atoms with Crippen LogP contribution >= 0.6 is 0 Å². The van der Waals surface area contributed by atoms with Crippen LogP contribution in [-0.2, 0) is 0 Å². The summed E-state index contributed by atoms with van der Waals surface area (Å²) < 4.78 is 13.2. The lowest BCUT2D eigenvalue weighted by Crippen LogP contribution is -2.26. The molecule has 2 aromatic carbocycles. The highest BCUT2D eigenvalue weighted by molar-refractivity contribution is 6.06. The zero-order chi connectivity index (χ0) is 14.8. The summed E-state index contributed by atoms with van der Waals surface area (Å²) in [6, 6.07) is 14.0. The van der Waals surface area contributed by atoms with Crippen molar-refractivity contribution < 1.29 is 9.18 Å². The number of carbonyl (C=O) groups is 1. The fraction of sp³-hybridized carbons (Fsp3) is 0.118. The average Bonchev–Trinajstić information content (AvgIpc) is 2.91. The second-order valence-corrected chi connectivity index (χ2v) is 5.00. The number of H-pyrrole nitrogens is 1. The second kappa shape index (κ2) is 5.40. The second-order valence-electron chi connectivity index (χ2n) is 5.00. The number of rotatable bonds is 3. The minimum atomic E-state index is -0.325. The third kappa shape index (κ3) is 2.65. The molecule has 1 heterocycles. The van der Waals surface area contributed by atoms with Crippen molar-refractivity contribution in [3.8, 4) is 0 Å². The molecule has 0 radical (unpaired) electrons. The van der Waals surface area contributed by atoms with E-state index >= 15 is 0 Å². The highest BCUT2D eigenvalue weighted by Crippen LogP contribution is 2.20. The first-order valence-corrected chi connectivity index (χ1v) is 6.77. The van der Waals surface area contributed by atoms with Crippen molar-refractivity contribution in [3.63, 3.8) is 0 Å². The zero-order valence-corrected chi connectivity index (χ0v) is 11.6. The van der Waals surface area contributed by atoms with Crippen molar-refractivity contribution in [1.82, 2.24) is 10.3 Å². The van der Waals surface area contributed by atoms with Gasteiger partial charge in [0, 0.05) is 17.1 Å². The SMILES string of the molecule is CC(NC(=O)c1c[nH]c2cc(F)ccc12)c1ccccc1. The van der Waals surface area contributed by atoms with Crippen molar-refractivity contribution in [2.24, 2.45) is 0 Å². The molecule has 0 saturated heterocycles. The van der Waals surface area contributed by atoms with Crippen LogP contribution in [0.1, 0.15) is 28.9 Å². The van der Waals surface area contributed by atoms with E-state index in [-0.39, 0.29) is 17.8 Å². The van der Waals surface area contributed by atoms with Gasteiger partial charge >= 0.3 is 0 Å². The molecule has 2 N–H and O–H groups in total. The Labute approximate surface area is 121 Å². The van der Waals surface area contributed by atoms with Gasteiger partial charge in [-0.3, -0.25) is 4.79 Å². The molecule has 0 saturated carbocycles. The molecule has 1 amide bonds. The summed E-state index contributed by atoms with van der Waals surface area (Å²) in [7, 11) is 0. The number of carbonyl (C=O) groups excluding carboxylic acids is 1. The van der Waals surface area contributed by atoms with E-state index in [0.29, 0.717) is 16.5 Å².